The van der Waals surface area contributed by atoms with Crippen molar-refractivity contribution in [3.63, 3.8) is 0 Å². The maximum Gasteiger partial charge on any atom is 0.437 e. The van der Waals surface area contributed by atoms with E-state index < -0.39 is 35.4 Å². The van der Waals surface area contributed by atoms with Crippen LogP contribution in [0.5, 0.6) is 0 Å². The lowest BCUT2D eigenvalue weighted by Crippen LogP contribution is -2.60. The highest BCUT2D eigenvalue weighted by molar-refractivity contribution is 6.03. The van der Waals surface area contributed by atoms with Crippen molar-refractivity contribution in [2.45, 2.75) is 12.2 Å². The molecule has 9 nitrogen and oxygen atoms in total. The van der Waals surface area contributed by atoms with Crippen LogP contribution in [0.2, 0.25) is 0 Å². The minimum absolute atomic E-state index is 0.0643. The number of hydrogen-bond donors (Lipinski definition) is 3. The molecule has 0 unspecified atom stereocenters. The maximum atomic E-state index is 13.7. The Kier molecular flexibility index (Phi) is 6.88. The maximum absolute atomic E-state index is 13.7. The van der Waals surface area contributed by atoms with Crippen LogP contribution in [0.25, 0.3) is 11.5 Å². The number of halogens is 4. The Balaban J connectivity index is 1.18. The number of rotatable bonds is 6. The summed E-state index contributed by atoms with van der Waals surface area (Å²) in [5.41, 5.74) is -0.926. The number of carbonyl (C=O) groups excluding carboxylic acids is 2. The highest BCUT2D eigenvalue weighted by Crippen LogP contribution is 2.35. The summed E-state index contributed by atoms with van der Waals surface area (Å²) in [7, 11) is 0. The molecular weight excluding hydrogens is 520 g/mol. The summed E-state index contributed by atoms with van der Waals surface area (Å²) < 4.78 is 59.5. The molecule has 0 aliphatic carbocycles. The number of hydrogen-bond acceptors (Lipinski definition) is 6. The topological polar surface area (TPSA) is 112 Å². The smallest absolute Gasteiger partial charge is 0.430 e. The minimum Gasteiger partial charge on any atom is -0.430 e. The third-order valence-electron chi connectivity index (χ3n) is 5.79. The van der Waals surface area contributed by atoms with E-state index in [0.717, 1.165) is 0 Å². The van der Waals surface area contributed by atoms with Crippen molar-refractivity contribution in [1.82, 2.24) is 15.3 Å². The summed E-state index contributed by atoms with van der Waals surface area (Å²) in [6.45, 7) is 0.858. The number of alkyl halides is 3. The molecule has 1 aliphatic rings. The first kappa shape index (κ1) is 25.7. The number of nitrogens with one attached hydrogen (secondary N) is 3. The fourth-order valence-corrected chi connectivity index (χ4v) is 3.87. The van der Waals surface area contributed by atoms with Gasteiger partial charge in [-0.25, -0.2) is 19.2 Å². The summed E-state index contributed by atoms with van der Waals surface area (Å²) >= 11 is 0. The number of benzene rings is 2. The monoisotopic (exact) mass is 540 g/mol. The van der Waals surface area contributed by atoms with Gasteiger partial charge in [0.05, 0.1) is 23.6 Å². The van der Waals surface area contributed by atoms with Crippen LogP contribution in [0.15, 0.2) is 77.3 Å². The molecule has 5 rings (SSSR count). The number of aromatic nitrogens is 2. The van der Waals surface area contributed by atoms with Gasteiger partial charge >= 0.3 is 12.2 Å². The highest BCUT2D eigenvalue weighted by Gasteiger charge is 2.41. The Morgan fingerprint density at radius 1 is 0.949 bits per heavy atom. The van der Waals surface area contributed by atoms with Crippen LogP contribution in [0.4, 0.5) is 39.5 Å². The molecule has 0 saturated carbocycles. The lowest BCUT2D eigenvalue weighted by molar-refractivity contribution is -0.141. The van der Waals surface area contributed by atoms with Crippen LogP contribution in [0.3, 0.4) is 0 Å². The first-order valence-corrected chi connectivity index (χ1v) is 11.7. The van der Waals surface area contributed by atoms with Gasteiger partial charge in [-0.15, -0.1) is 0 Å². The van der Waals surface area contributed by atoms with Crippen LogP contribution in [-0.4, -0.2) is 41.0 Å². The molecule has 39 heavy (non-hydrogen) atoms. The second-order valence-electron chi connectivity index (χ2n) is 8.60. The molecule has 200 valence electrons. The summed E-state index contributed by atoms with van der Waals surface area (Å²) in [5, 5.41) is 7.52. The zero-order valence-electron chi connectivity index (χ0n) is 20.0. The van der Waals surface area contributed by atoms with Crippen LogP contribution in [0, 0.1) is 5.82 Å². The average Bonchev–Trinajstić information content (AvgIpc) is 3.35. The minimum atomic E-state index is -4.90. The van der Waals surface area contributed by atoms with Gasteiger partial charge in [-0.05, 0) is 36.4 Å². The van der Waals surface area contributed by atoms with Crippen molar-refractivity contribution in [2.75, 3.05) is 28.6 Å². The second kappa shape index (κ2) is 10.4. The lowest BCUT2D eigenvalue weighted by Gasteiger charge is -2.40. The van der Waals surface area contributed by atoms with E-state index in [4.69, 9.17) is 4.42 Å². The van der Waals surface area contributed by atoms with Crippen molar-refractivity contribution in [1.29, 1.82) is 0 Å². The molecule has 0 bridgehead atoms. The quantitative estimate of drug-likeness (QED) is 0.292. The van der Waals surface area contributed by atoms with Gasteiger partial charge in [0.15, 0.2) is 5.69 Å². The number of amides is 3. The Morgan fingerprint density at radius 2 is 1.67 bits per heavy atom. The van der Waals surface area contributed by atoms with Crippen molar-refractivity contribution in [2.24, 2.45) is 0 Å². The van der Waals surface area contributed by atoms with Crippen LogP contribution < -0.4 is 20.9 Å². The molecular formula is C26H20F4N6O3. The van der Waals surface area contributed by atoms with Gasteiger partial charge in [0.25, 0.3) is 5.91 Å². The highest BCUT2D eigenvalue weighted by atomic mass is 19.4. The summed E-state index contributed by atoms with van der Waals surface area (Å²) in [5.74, 6) is -2.43. The number of nitrogens with zero attached hydrogens (tertiary/aromatic N) is 3. The Bertz CT molecular complexity index is 1490. The van der Waals surface area contributed by atoms with Crippen molar-refractivity contribution in [3.05, 3.63) is 90.2 Å². The number of oxazole rings is 1. The predicted octanol–water partition coefficient (Wildman–Crippen LogP) is 5.16. The van der Waals surface area contributed by atoms with Crippen LogP contribution >= 0.6 is 0 Å². The zero-order chi connectivity index (χ0) is 27.6. The predicted molar refractivity (Wildman–Crippen MR) is 134 cm³/mol. The van der Waals surface area contributed by atoms with Gasteiger partial charge < -0.3 is 25.3 Å². The average molecular weight is 540 g/mol. The number of carbonyl (C=O) groups is 2. The molecule has 3 N–H and O–H groups in total. The molecule has 13 heteroatoms. The lowest BCUT2D eigenvalue weighted by atomic mass is 10.1. The van der Waals surface area contributed by atoms with E-state index in [9.17, 15) is 27.2 Å². The van der Waals surface area contributed by atoms with E-state index in [2.05, 4.69) is 25.9 Å². The summed E-state index contributed by atoms with van der Waals surface area (Å²) in [6.07, 6.45) is -3.61. The molecule has 1 saturated heterocycles. The van der Waals surface area contributed by atoms with Crippen molar-refractivity contribution < 1.29 is 31.6 Å². The van der Waals surface area contributed by atoms with Gasteiger partial charge in [0.2, 0.25) is 11.7 Å². The Morgan fingerprint density at radius 3 is 2.33 bits per heavy atom. The molecule has 0 spiro atoms. The van der Waals surface area contributed by atoms with Crippen molar-refractivity contribution in [3.8, 4) is 11.5 Å². The third-order valence-corrected chi connectivity index (χ3v) is 5.79. The molecule has 2 aromatic heterocycles. The third kappa shape index (κ3) is 5.81. The Hall–Kier alpha value is -4.94. The molecule has 0 radical (unpaired) electrons. The van der Waals surface area contributed by atoms with Gasteiger partial charge in [0.1, 0.15) is 11.6 Å². The van der Waals surface area contributed by atoms with Crippen LogP contribution in [-0.2, 0) is 6.18 Å². The van der Waals surface area contributed by atoms with Gasteiger partial charge in [-0.2, -0.15) is 13.2 Å². The van der Waals surface area contributed by atoms with E-state index in [1.54, 1.807) is 30.3 Å². The fraction of sp³-hybridized carbons (Fsp3) is 0.154. The normalized spacial score (nSPS) is 13.5. The first-order valence-electron chi connectivity index (χ1n) is 11.7. The standard InChI is InChI=1S/C26H20F4N6O3/c27-18-8-4-5-9-19(18)34-25(38)33-17-13-36(14-17)20-11-10-16(12-31-20)32-23(37)21-22(26(28,29)30)35-24(39-21)15-6-2-1-3-7-15/h1-12,17H,13-14H2,(H,32,37)(H2,33,34,38). The molecule has 2 aromatic carbocycles. The SMILES string of the molecule is O=C(Nc1ccccc1F)NC1CN(c2ccc(NC(=O)c3oc(-c4ccccc4)nc3C(F)(F)F)cn2)C1. The molecule has 3 amide bonds. The largest absolute Gasteiger partial charge is 0.437 e. The molecule has 0 atom stereocenters. The van der Waals surface area contributed by atoms with E-state index in [1.807, 2.05) is 4.90 Å². The zero-order valence-corrected chi connectivity index (χ0v) is 20.0. The molecule has 3 heterocycles. The van der Waals surface area contributed by atoms with Gasteiger partial charge in [-0.3, -0.25) is 4.79 Å². The molecule has 1 fully saturated rings. The number of anilines is 3. The van der Waals surface area contributed by atoms with Gasteiger partial charge in [0, 0.05) is 18.7 Å². The summed E-state index contributed by atoms with van der Waals surface area (Å²) in [6, 6.07) is 16.0. The summed E-state index contributed by atoms with van der Waals surface area (Å²) in [4.78, 5) is 34.3. The van der Waals surface area contributed by atoms with E-state index in [-0.39, 0.29) is 23.3 Å². The Labute approximate surface area is 218 Å². The van der Waals surface area contributed by atoms with Crippen LogP contribution in [0.1, 0.15) is 16.2 Å². The second-order valence-corrected chi connectivity index (χ2v) is 8.60. The first-order chi connectivity index (χ1) is 18.7. The number of urea groups is 1. The fourth-order valence-electron chi connectivity index (χ4n) is 3.87. The molecule has 4 aromatic rings. The number of pyridine rings is 1. The molecule has 1 aliphatic heterocycles. The number of para-hydroxylation sites is 1. The van der Waals surface area contributed by atoms with E-state index in [1.165, 1.54) is 42.6 Å². The van der Waals surface area contributed by atoms with Crippen molar-refractivity contribution >= 4 is 29.1 Å². The van der Waals surface area contributed by atoms with Gasteiger partial charge in [-0.1, -0.05) is 30.3 Å². The van der Waals surface area contributed by atoms with E-state index in [0.29, 0.717) is 24.5 Å². The van der Waals surface area contributed by atoms with E-state index >= 15 is 0 Å².